The predicted octanol–water partition coefficient (Wildman–Crippen LogP) is 1.89. The number of anilines is 1. The van der Waals surface area contributed by atoms with Crippen LogP contribution in [0.5, 0.6) is 0 Å². The van der Waals surface area contributed by atoms with Gasteiger partial charge in [0.1, 0.15) is 0 Å². The SMILES string of the molecule is Cc1c(C(N)=O)cccc1N1C(=O)c2ccccc2C1=O. The largest absolute Gasteiger partial charge is 0.366 e. The minimum Gasteiger partial charge on any atom is -0.366 e. The number of benzene rings is 2. The Kier molecular flexibility index (Phi) is 2.83. The fourth-order valence-electron chi connectivity index (χ4n) is 2.54. The van der Waals surface area contributed by atoms with Gasteiger partial charge in [-0.1, -0.05) is 18.2 Å². The molecule has 0 saturated carbocycles. The van der Waals surface area contributed by atoms with Crippen LogP contribution in [0.4, 0.5) is 5.69 Å². The van der Waals surface area contributed by atoms with E-state index in [1.165, 1.54) is 0 Å². The third kappa shape index (κ3) is 1.82. The molecule has 104 valence electrons. The maximum atomic E-state index is 12.4. The second kappa shape index (κ2) is 4.56. The number of fused-ring (bicyclic) bond motifs is 1. The summed E-state index contributed by atoms with van der Waals surface area (Å²) in [5, 5.41) is 0. The molecule has 0 aliphatic carbocycles. The molecule has 1 aliphatic rings. The van der Waals surface area contributed by atoms with Gasteiger partial charge in [0.15, 0.2) is 0 Å². The van der Waals surface area contributed by atoms with Crippen molar-refractivity contribution < 1.29 is 14.4 Å². The van der Waals surface area contributed by atoms with Gasteiger partial charge in [0.2, 0.25) is 5.91 Å². The Labute approximate surface area is 121 Å². The van der Waals surface area contributed by atoms with Gasteiger partial charge >= 0.3 is 0 Å². The van der Waals surface area contributed by atoms with Crippen LogP contribution in [0.15, 0.2) is 42.5 Å². The van der Waals surface area contributed by atoms with Gasteiger partial charge in [-0.25, -0.2) is 4.90 Å². The van der Waals surface area contributed by atoms with E-state index in [2.05, 4.69) is 0 Å². The quantitative estimate of drug-likeness (QED) is 0.853. The molecule has 0 aromatic heterocycles. The first-order valence-corrected chi connectivity index (χ1v) is 6.39. The fourth-order valence-corrected chi connectivity index (χ4v) is 2.54. The van der Waals surface area contributed by atoms with Gasteiger partial charge in [-0.05, 0) is 36.8 Å². The van der Waals surface area contributed by atoms with Crippen LogP contribution in [0, 0.1) is 6.92 Å². The lowest BCUT2D eigenvalue weighted by Gasteiger charge is -2.17. The van der Waals surface area contributed by atoms with Crippen LogP contribution >= 0.6 is 0 Å². The van der Waals surface area contributed by atoms with Crippen molar-refractivity contribution in [1.29, 1.82) is 0 Å². The van der Waals surface area contributed by atoms with Crippen LogP contribution in [0.25, 0.3) is 0 Å². The maximum absolute atomic E-state index is 12.4. The summed E-state index contributed by atoms with van der Waals surface area (Å²) in [6.45, 7) is 1.67. The normalized spacial score (nSPS) is 13.5. The van der Waals surface area contributed by atoms with Gasteiger partial charge in [-0.15, -0.1) is 0 Å². The number of primary amides is 1. The van der Waals surface area contributed by atoms with Gasteiger partial charge in [-0.2, -0.15) is 0 Å². The van der Waals surface area contributed by atoms with Crippen LogP contribution in [0.3, 0.4) is 0 Å². The van der Waals surface area contributed by atoms with E-state index < -0.39 is 5.91 Å². The smallest absolute Gasteiger partial charge is 0.266 e. The van der Waals surface area contributed by atoms with E-state index in [4.69, 9.17) is 5.73 Å². The molecule has 0 saturated heterocycles. The molecule has 0 fully saturated rings. The van der Waals surface area contributed by atoms with Crippen LogP contribution < -0.4 is 10.6 Å². The predicted molar refractivity (Wildman–Crippen MR) is 77.3 cm³/mol. The van der Waals surface area contributed by atoms with E-state index in [0.717, 1.165) is 4.90 Å². The number of carbonyl (C=O) groups excluding carboxylic acids is 3. The average molecular weight is 280 g/mol. The van der Waals surface area contributed by atoms with Crippen molar-refractivity contribution in [2.24, 2.45) is 5.73 Å². The maximum Gasteiger partial charge on any atom is 0.266 e. The highest BCUT2D eigenvalue weighted by atomic mass is 16.2. The molecule has 0 spiro atoms. The highest BCUT2D eigenvalue weighted by Gasteiger charge is 2.37. The number of hydrogen-bond acceptors (Lipinski definition) is 3. The Morgan fingerprint density at radius 2 is 1.52 bits per heavy atom. The van der Waals surface area contributed by atoms with Crippen molar-refractivity contribution in [3.05, 3.63) is 64.7 Å². The summed E-state index contributed by atoms with van der Waals surface area (Å²) in [7, 11) is 0. The lowest BCUT2D eigenvalue weighted by molar-refractivity contribution is 0.0923. The van der Waals surface area contributed by atoms with Crippen molar-refractivity contribution in [2.75, 3.05) is 4.90 Å². The second-order valence-corrected chi connectivity index (χ2v) is 4.81. The Bertz CT molecular complexity index is 761. The zero-order valence-corrected chi connectivity index (χ0v) is 11.3. The zero-order chi connectivity index (χ0) is 15.1. The number of nitrogens with two attached hydrogens (primary N) is 1. The molecular weight excluding hydrogens is 268 g/mol. The van der Waals surface area contributed by atoms with Gasteiger partial charge < -0.3 is 5.73 Å². The molecule has 0 bridgehead atoms. The molecule has 2 aromatic carbocycles. The molecule has 1 aliphatic heterocycles. The third-order valence-electron chi connectivity index (χ3n) is 3.61. The zero-order valence-electron chi connectivity index (χ0n) is 11.3. The van der Waals surface area contributed by atoms with Crippen molar-refractivity contribution >= 4 is 23.4 Å². The fraction of sp³-hybridized carbons (Fsp3) is 0.0625. The highest BCUT2D eigenvalue weighted by Crippen LogP contribution is 2.31. The summed E-state index contributed by atoms with van der Waals surface area (Å²) < 4.78 is 0. The van der Waals surface area contributed by atoms with Crippen molar-refractivity contribution in [2.45, 2.75) is 6.92 Å². The minimum absolute atomic E-state index is 0.295. The number of amides is 3. The van der Waals surface area contributed by atoms with Gasteiger partial charge in [0, 0.05) is 5.56 Å². The molecular formula is C16H12N2O3. The highest BCUT2D eigenvalue weighted by molar-refractivity contribution is 6.34. The van der Waals surface area contributed by atoms with E-state index in [0.29, 0.717) is 27.9 Å². The monoisotopic (exact) mass is 280 g/mol. The molecule has 3 rings (SSSR count). The van der Waals surface area contributed by atoms with Crippen LogP contribution in [0.2, 0.25) is 0 Å². The molecule has 3 amide bonds. The van der Waals surface area contributed by atoms with Crippen LogP contribution in [-0.4, -0.2) is 17.7 Å². The Hall–Kier alpha value is -2.95. The molecule has 1 heterocycles. The summed E-state index contributed by atoms with van der Waals surface area (Å²) >= 11 is 0. The van der Waals surface area contributed by atoms with E-state index >= 15 is 0 Å². The Morgan fingerprint density at radius 1 is 0.952 bits per heavy atom. The third-order valence-corrected chi connectivity index (χ3v) is 3.61. The number of rotatable bonds is 2. The lowest BCUT2D eigenvalue weighted by Crippen LogP contribution is -2.30. The molecule has 0 radical (unpaired) electrons. The summed E-state index contributed by atoms with van der Waals surface area (Å²) in [6, 6.07) is 11.4. The minimum atomic E-state index is -0.592. The summed E-state index contributed by atoms with van der Waals surface area (Å²) in [5.74, 6) is -1.37. The van der Waals surface area contributed by atoms with Crippen molar-refractivity contribution in [3.63, 3.8) is 0 Å². The van der Waals surface area contributed by atoms with E-state index in [1.54, 1.807) is 49.4 Å². The molecule has 0 atom stereocenters. The van der Waals surface area contributed by atoms with Gasteiger partial charge in [0.25, 0.3) is 11.8 Å². The number of nitrogens with zero attached hydrogens (tertiary/aromatic N) is 1. The average Bonchev–Trinajstić information content (AvgIpc) is 2.72. The summed E-state index contributed by atoms with van der Waals surface area (Å²) in [4.78, 5) is 37.4. The van der Waals surface area contributed by atoms with Crippen LogP contribution in [-0.2, 0) is 0 Å². The number of hydrogen-bond donors (Lipinski definition) is 1. The first kappa shape index (κ1) is 13.1. The first-order valence-electron chi connectivity index (χ1n) is 6.39. The van der Waals surface area contributed by atoms with Gasteiger partial charge in [0.05, 0.1) is 16.8 Å². The Balaban J connectivity index is 2.16. The number of carbonyl (C=O) groups is 3. The molecule has 21 heavy (non-hydrogen) atoms. The van der Waals surface area contributed by atoms with Crippen LogP contribution in [0.1, 0.15) is 36.6 Å². The van der Waals surface area contributed by atoms with E-state index in [1.807, 2.05) is 0 Å². The van der Waals surface area contributed by atoms with Crippen molar-refractivity contribution in [3.8, 4) is 0 Å². The first-order chi connectivity index (χ1) is 10.0. The van der Waals surface area contributed by atoms with E-state index in [-0.39, 0.29) is 11.8 Å². The summed E-state index contributed by atoms with van der Waals surface area (Å²) in [6.07, 6.45) is 0. The molecule has 5 nitrogen and oxygen atoms in total. The molecule has 2 N–H and O–H groups in total. The molecule has 5 heteroatoms. The topological polar surface area (TPSA) is 80.5 Å². The van der Waals surface area contributed by atoms with E-state index in [9.17, 15) is 14.4 Å². The van der Waals surface area contributed by atoms with Gasteiger partial charge in [-0.3, -0.25) is 14.4 Å². The van der Waals surface area contributed by atoms with Crippen molar-refractivity contribution in [1.82, 2.24) is 0 Å². The standard InChI is InChI=1S/C16H12N2O3/c1-9-10(14(17)19)7-4-8-13(9)18-15(20)11-5-2-3-6-12(11)16(18)21/h2-8H,1H3,(H2,17,19). The summed E-state index contributed by atoms with van der Waals surface area (Å²) in [5.41, 5.74) is 7.24. The molecule has 0 unspecified atom stereocenters. The Morgan fingerprint density at radius 3 is 2.05 bits per heavy atom. The second-order valence-electron chi connectivity index (χ2n) is 4.81. The number of imide groups is 1. The molecule has 2 aromatic rings. The lowest BCUT2D eigenvalue weighted by atomic mass is 10.1.